The Balaban J connectivity index is 3.25. The number of allylic oxidation sites excluding steroid dienone is 1. The first-order valence-corrected chi connectivity index (χ1v) is 8.99. The van der Waals surface area contributed by atoms with Crippen LogP contribution >= 0.6 is 0 Å². The van der Waals surface area contributed by atoms with Gasteiger partial charge in [0, 0.05) is 0 Å². The smallest absolute Gasteiger partial charge is 0.0574 e. The van der Waals surface area contributed by atoms with E-state index in [9.17, 15) is 5.11 Å². The van der Waals surface area contributed by atoms with E-state index in [1.807, 2.05) is 0 Å². The van der Waals surface area contributed by atoms with Crippen LogP contribution in [0.4, 0.5) is 0 Å². The Morgan fingerprint density at radius 1 is 0.800 bits per heavy atom. The first-order valence-electron chi connectivity index (χ1n) is 8.99. The summed E-state index contributed by atoms with van der Waals surface area (Å²) in [5, 5.41) is 9.82. The molecule has 0 aromatic carbocycles. The lowest BCUT2D eigenvalue weighted by Gasteiger charge is -2.07. The molecule has 0 amide bonds. The molecule has 20 heavy (non-hydrogen) atoms. The van der Waals surface area contributed by atoms with Crippen molar-refractivity contribution < 1.29 is 5.11 Å². The van der Waals surface area contributed by atoms with Crippen LogP contribution in [-0.4, -0.2) is 11.2 Å². The Morgan fingerprint density at radius 2 is 1.45 bits per heavy atom. The van der Waals surface area contributed by atoms with Gasteiger partial charge < -0.3 is 5.11 Å². The predicted molar refractivity (Wildman–Crippen MR) is 91.1 cm³/mol. The summed E-state index contributed by atoms with van der Waals surface area (Å²) < 4.78 is 0. The average molecular weight is 283 g/mol. The van der Waals surface area contributed by atoms with Crippen molar-refractivity contribution in [3.8, 4) is 0 Å². The monoisotopic (exact) mass is 282 g/mol. The maximum atomic E-state index is 9.82. The van der Waals surface area contributed by atoms with Crippen molar-refractivity contribution in [2.45, 2.75) is 104 Å². The number of hydrogen-bond acceptors (Lipinski definition) is 1. The Hall–Kier alpha value is -0.300. The molecule has 1 N–H and O–H groups in total. The lowest BCUT2D eigenvalue weighted by molar-refractivity contribution is 0.163. The summed E-state index contributed by atoms with van der Waals surface area (Å²) in [5.74, 6) is 0.855. The fourth-order valence-corrected chi connectivity index (χ4v) is 2.46. The van der Waals surface area contributed by atoms with Gasteiger partial charge in [0.05, 0.1) is 6.10 Å². The highest BCUT2D eigenvalue weighted by Crippen LogP contribution is 2.11. The van der Waals surface area contributed by atoms with E-state index in [2.05, 4.69) is 32.9 Å². The number of hydrogen-bond donors (Lipinski definition) is 1. The van der Waals surface area contributed by atoms with Gasteiger partial charge in [0.2, 0.25) is 0 Å². The lowest BCUT2D eigenvalue weighted by Crippen LogP contribution is -2.04. The molecule has 0 saturated carbocycles. The second kappa shape index (κ2) is 15.1. The van der Waals surface area contributed by atoms with Gasteiger partial charge >= 0.3 is 0 Å². The molecule has 0 radical (unpaired) electrons. The van der Waals surface area contributed by atoms with Crippen molar-refractivity contribution >= 4 is 0 Å². The molecule has 120 valence electrons. The van der Waals surface area contributed by atoms with Crippen LogP contribution in [0.1, 0.15) is 97.8 Å². The summed E-state index contributed by atoms with van der Waals surface area (Å²) in [7, 11) is 0. The average Bonchev–Trinajstić information content (AvgIpc) is 2.41. The van der Waals surface area contributed by atoms with E-state index in [0.29, 0.717) is 0 Å². The van der Waals surface area contributed by atoms with Crippen LogP contribution in [0.3, 0.4) is 0 Å². The summed E-state index contributed by atoms with van der Waals surface area (Å²) in [6.45, 7) is 6.83. The standard InChI is InChI=1S/C19H38O/c1-4-5-6-13-16-19(20)17-14-11-9-7-8-10-12-15-18(2)3/h11,14,18-20H,4-10,12-13,15-17H2,1-3H3/b14-11-. The van der Waals surface area contributed by atoms with Crippen molar-refractivity contribution in [2.24, 2.45) is 5.92 Å². The molecule has 0 aliphatic rings. The zero-order valence-electron chi connectivity index (χ0n) is 14.2. The highest BCUT2D eigenvalue weighted by Gasteiger charge is 2.00. The van der Waals surface area contributed by atoms with Crippen LogP contribution in [0.2, 0.25) is 0 Å². The van der Waals surface area contributed by atoms with Crippen molar-refractivity contribution in [1.82, 2.24) is 0 Å². The molecule has 0 bridgehead atoms. The van der Waals surface area contributed by atoms with Gasteiger partial charge in [-0.05, 0) is 31.6 Å². The molecule has 0 rings (SSSR count). The molecule has 0 saturated heterocycles. The molecular formula is C19H38O. The predicted octanol–water partition coefficient (Wildman–Crippen LogP) is 6.26. The van der Waals surface area contributed by atoms with E-state index in [0.717, 1.165) is 18.8 Å². The third kappa shape index (κ3) is 15.8. The normalized spacial score (nSPS) is 13.4. The van der Waals surface area contributed by atoms with E-state index in [4.69, 9.17) is 0 Å². The van der Waals surface area contributed by atoms with E-state index in [-0.39, 0.29) is 6.10 Å². The van der Waals surface area contributed by atoms with E-state index < -0.39 is 0 Å². The second-order valence-corrected chi connectivity index (χ2v) is 6.60. The maximum Gasteiger partial charge on any atom is 0.0574 e. The van der Waals surface area contributed by atoms with Crippen LogP contribution < -0.4 is 0 Å². The van der Waals surface area contributed by atoms with Gasteiger partial charge in [-0.2, -0.15) is 0 Å². The summed E-state index contributed by atoms with van der Waals surface area (Å²) in [6, 6.07) is 0. The first-order chi connectivity index (χ1) is 9.66. The quantitative estimate of drug-likeness (QED) is 0.294. The fourth-order valence-electron chi connectivity index (χ4n) is 2.46. The van der Waals surface area contributed by atoms with Crippen molar-refractivity contribution in [1.29, 1.82) is 0 Å². The Bertz CT molecular complexity index is 208. The van der Waals surface area contributed by atoms with Crippen molar-refractivity contribution in [3.05, 3.63) is 12.2 Å². The largest absolute Gasteiger partial charge is 0.393 e. The summed E-state index contributed by atoms with van der Waals surface area (Å²) >= 11 is 0. The van der Waals surface area contributed by atoms with Gasteiger partial charge in [-0.25, -0.2) is 0 Å². The fraction of sp³-hybridized carbons (Fsp3) is 0.895. The molecule has 0 aromatic heterocycles. The number of rotatable bonds is 14. The molecular weight excluding hydrogens is 244 g/mol. The van der Waals surface area contributed by atoms with Gasteiger partial charge in [0.15, 0.2) is 0 Å². The number of unbranched alkanes of at least 4 members (excludes halogenated alkanes) is 7. The minimum atomic E-state index is -0.117. The molecule has 1 unspecified atom stereocenters. The minimum Gasteiger partial charge on any atom is -0.393 e. The Labute approximate surface area is 127 Å². The van der Waals surface area contributed by atoms with Crippen molar-refractivity contribution in [3.63, 3.8) is 0 Å². The molecule has 0 aromatic rings. The van der Waals surface area contributed by atoms with Gasteiger partial charge in [-0.15, -0.1) is 0 Å². The molecule has 0 spiro atoms. The SMILES string of the molecule is CCCCCCC(O)C/C=C\CCCCCCC(C)C. The third-order valence-corrected chi connectivity index (χ3v) is 3.87. The molecule has 1 nitrogen and oxygen atoms in total. The van der Waals surface area contributed by atoms with Crippen LogP contribution in [0.5, 0.6) is 0 Å². The van der Waals surface area contributed by atoms with Gasteiger partial charge in [-0.1, -0.05) is 84.3 Å². The zero-order chi connectivity index (χ0) is 15.1. The molecule has 0 aliphatic carbocycles. The molecule has 0 fully saturated rings. The Morgan fingerprint density at radius 3 is 2.15 bits per heavy atom. The highest BCUT2D eigenvalue weighted by molar-refractivity contribution is 4.84. The summed E-state index contributed by atoms with van der Waals surface area (Å²) in [5.41, 5.74) is 0. The lowest BCUT2D eigenvalue weighted by atomic mass is 10.0. The second-order valence-electron chi connectivity index (χ2n) is 6.60. The van der Waals surface area contributed by atoms with E-state index in [1.165, 1.54) is 64.2 Å². The van der Waals surface area contributed by atoms with Gasteiger partial charge in [0.25, 0.3) is 0 Å². The summed E-state index contributed by atoms with van der Waals surface area (Å²) in [6.07, 6.45) is 19.2. The third-order valence-electron chi connectivity index (χ3n) is 3.87. The van der Waals surface area contributed by atoms with Crippen LogP contribution in [-0.2, 0) is 0 Å². The molecule has 1 heteroatoms. The van der Waals surface area contributed by atoms with Crippen molar-refractivity contribution in [2.75, 3.05) is 0 Å². The summed E-state index contributed by atoms with van der Waals surface area (Å²) in [4.78, 5) is 0. The molecule has 0 aliphatic heterocycles. The van der Waals surface area contributed by atoms with E-state index >= 15 is 0 Å². The highest BCUT2D eigenvalue weighted by atomic mass is 16.3. The van der Waals surface area contributed by atoms with E-state index in [1.54, 1.807) is 0 Å². The topological polar surface area (TPSA) is 20.2 Å². The van der Waals surface area contributed by atoms with Crippen LogP contribution in [0.25, 0.3) is 0 Å². The molecule has 0 heterocycles. The zero-order valence-corrected chi connectivity index (χ0v) is 14.2. The number of aliphatic hydroxyl groups excluding tert-OH is 1. The van der Waals surface area contributed by atoms with Crippen LogP contribution in [0.15, 0.2) is 12.2 Å². The Kier molecular flexibility index (Phi) is 14.9. The minimum absolute atomic E-state index is 0.117. The number of aliphatic hydroxyl groups is 1. The molecule has 1 atom stereocenters. The van der Waals surface area contributed by atoms with Crippen LogP contribution in [0, 0.1) is 5.92 Å². The maximum absolute atomic E-state index is 9.82. The van der Waals surface area contributed by atoms with Gasteiger partial charge in [-0.3, -0.25) is 0 Å². The van der Waals surface area contributed by atoms with Gasteiger partial charge in [0.1, 0.15) is 0 Å². The first kappa shape index (κ1) is 19.7.